The minimum atomic E-state index is -1.01. The molecule has 2 unspecified atom stereocenters. The lowest BCUT2D eigenvalue weighted by atomic mass is 9.96. The molecule has 1 spiro atoms. The molecule has 1 N–H and O–H groups in total. The quantitative estimate of drug-likeness (QED) is 0.647. The number of carbonyl (C=O) groups excluding carboxylic acids is 3. The number of piperidine rings is 1. The average Bonchev–Trinajstić information content (AvgIpc) is 3.57. The van der Waals surface area contributed by atoms with E-state index in [0.717, 1.165) is 18.4 Å². The van der Waals surface area contributed by atoms with E-state index >= 15 is 0 Å². The van der Waals surface area contributed by atoms with E-state index in [2.05, 4.69) is 5.32 Å². The Morgan fingerprint density at radius 3 is 2.43 bits per heavy atom. The topological polar surface area (TPSA) is 88.2 Å². The highest BCUT2D eigenvalue weighted by Crippen LogP contribution is 2.38. The number of rotatable bonds is 6. The first-order valence-electron chi connectivity index (χ1n) is 12.9. The van der Waals surface area contributed by atoms with Crippen LogP contribution in [-0.4, -0.2) is 78.2 Å². The van der Waals surface area contributed by atoms with E-state index in [1.54, 1.807) is 4.90 Å². The van der Waals surface area contributed by atoms with E-state index in [0.29, 0.717) is 45.5 Å². The molecule has 2 aromatic carbocycles. The maximum absolute atomic E-state index is 13.7. The summed E-state index contributed by atoms with van der Waals surface area (Å²) in [5, 5.41) is 2.93. The van der Waals surface area contributed by atoms with Crippen molar-refractivity contribution in [2.24, 2.45) is 0 Å². The molecule has 5 rings (SSSR count). The van der Waals surface area contributed by atoms with Crippen molar-refractivity contribution in [3.63, 3.8) is 0 Å². The van der Waals surface area contributed by atoms with Crippen LogP contribution >= 0.6 is 0 Å². The first-order valence-corrected chi connectivity index (χ1v) is 12.9. The minimum Gasteiger partial charge on any atom is -0.376 e. The lowest BCUT2D eigenvalue weighted by molar-refractivity contribution is -0.143. The van der Waals surface area contributed by atoms with Gasteiger partial charge in [0, 0.05) is 44.6 Å². The summed E-state index contributed by atoms with van der Waals surface area (Å²) in [7, 11) is 0. The van der Waals surface area contributed by atoms with E-state index in [1.165, 1.54) is 29.2 Å². The summed E-state index contributed by atoms with van der Waals surface area (Å²) < 4.78 is 25.4. The summed E-state index contributed by atoms with van der Waals surface area (Å²) in [4.78, 5) is 43.2. The first-order chi connectivity index (χ1) is 17.9. The van der Waals surface area contributed by atoms with Crippen molar-refractivity contribution in [2.45, 2.75) is 50.0 Å². The highest BCUT2D eigenvalue weighted by Gasteiger charge is 2.54. The highest BCUT2D eigenvalue weighted by atomic mass is 19.1. The second-order valence-corrected chi connectivity index (χ2v) is 9.88. The summed E-state index contributed by atoms with van der Waals surface area (Å²) >= 11 is 0. The van der Waals surface area contributed by atoms with Gasteiger partial charge in [0.05, 0.1) is 19.1 Å². The lowest BCUT2D eigenvalue weighted by Crippen LogP contribution is -2.60. The molecule has 2 aromatic rings. The maximum atomic E-state index is 13.7. The standard InChI is InChI=1S/C28H32FN3O5/c29-22-10-8-21(9-11-22)27(35)32-24(26(34)30-18-23-7-4-16-36-23)19-37-28(32)12-14-31(15-13-28)25(33)17-20-5-2-1-3-6-20/h1-3,5-6,8-11,23-24H,4,7,12-19H2,(H,30,34). The summed E-state index contributed by atoms with van der Waals surface area (Å²) in [6, 6.07) is 14.0. The van der Waals surface area contributed by atoms with E-state index in [1.807, 2.05) is 30.3 Å². The van der Waals surface area contributed by atoms with Crippen LogP contribution in [0.1, 0.15) is 41.6 Å². The first kappa shape index (κ1) is 25.4. The molecule has 3 aliphatic rings. The Labute approximate surface area is 215 Å². The number of halogens is 1. The molecule has 196 valence electrons. The number of likely N-dealkylation sites (tertiary alicyclic amines) is 1. The van der Waals surface area contributed by atoms with Crippen LogP contribution in [0.2, 0.25) is 0 Å². The Hall–Kier alpha value is -3.30. The Bertz CT molecular complexity index is 1110. The van der Waals surface area contributed by atoms with Crippen LogP contribution in [-0.2, 0) is 25.5 Å². The molecule has 3 fully saturated rings. The zero-order valence-electron chi connectivity index (χ0n) is 20.7. The molecule has 3 heterocycles. The average molecular weight is 510 g/mol. The van der Waals surface area contributed by atoms with Crippen molar-refractivity contribution in [3.05, 3.63) is 71.5 Å². The second-order valence-electron chi connectivity index (χ2n) is 9.88. The van der Waals surface area contributed by atoms with Gasteiger partial charge in [-0.1, -0.05) is 30.3 Å². The van der Waals surface area contributed by atoms with Crippen LogP contribution in [0, 0.1) is 5.82 Å². The van der Waals surface area contributed by atoms with Crippen LogP contribution in [0.25, 0.3) is 0 Å². The van der Waals surface area contributed by atoms with Crippen molar-refractivity contribution in [2.75, 3.05) is 32.8 Å². The number of amides is 3. The fourth-order valence-electron chi connectivity index (χ4n) is 5.42. The van der Waals surface area contributed by atoms with Crippen molar-refractivity contribution < 1.29 is 28.2 Å². The number of hydrogen-bond donors (Lipinski definition) is 1. The van der Waals surface area contributed by atoms with Gasteiger partial charge in [0.2, 0.25) is 11.8 Å². The maximum Gasteiger partial charge on any atom is 0.256 e. The third kappa shape index (κ3) is 5.52. The molecular weight excluding hydrogens is 477 g/mol. The predicted molar refractivity (Wildman–Crippen MR) is 133 cm³/mol. The number of hydrogen-bond acceptors (Lipinski definition) is 5. The number of nitrogens with zero attached hydrogens (tertiary/aromatic N) is 2. The van der Waals surface area contributed by atoms with Gasteiger partial charge in [-0.3, -0.25) is 19.3 Å². The zero-order valence-corrected chi connectivity index (χ0v) is 20.7. The minimum absolute atomic E-state index is 0.0151. The Morgan fingerprint density at radius 2 is 1.76 bits per heavy atom. The fourth-order valence-corrected chi connectivity index (χ4v) is 5.42. The van der Waals surface area contributed by atoms with Crippen molar-refractivity contribution in [3.8, 4) is 0 Å². The molecule has 0 radical (unpaired) electrons. The van der Waals surface area contributed by atoms with Crippen LogP contribution < -0.4 is 5.32 Å². The molecule has 3 aliphatic heterocycles. The van der Waals surface area contributed by atoms with E-state index in [9.17, 15) is 18.8 Å². The molecule has 2 atom stereocenters. The van der Waals surface area contributed by atoms with E-state index < -0.39 is 17.6 Å². The predicted octanol–water partition coefficient (Wildman–Crippen LogP) is 2.52. The second kappa shape index (κ2) is 11.0. The molecule has 0 saturated carbocycles. The Kier molecular flexibility index (Phi) is 7.53. The molecule has 0 aromatic heterocycles. The summed E-state index contributed by atoms with van der Waals surface area (Å²) in [5.74, 6) is -1.12. The normalized spacial score (nSPS) is 22.8. The molecule has 0 bridgehead atoms. The molecule has 9 heteroatoms. The molecule has 3 amide bonds. The molecule has 3 saturated heterocycles. The monoisotopic (exact) mass is 509 g/mol. The van der Waals surface area contributed by atoms with E-state index in [-0.39, 0.29) is 36.0 Å². The third-order valence-electron chi connectivity index (χ3n) is 7.50. The Balaban J connectivity index is 1.31. The number of benzene rings is 2. The Morgan fingerprint density at radius 1 is 1.03 bits per heavy atom. The van der Waals surface area contributed by atoms with E-state index in [4.69, 9.17) is 9.47 Å². The van der Waals surface area contributed by atoms with Gasteiger partial charge in [-0.25, -0.2) is 4.39 Å². The van der Waals surface area contributed by atoms with Gasteiger partial charge in [0.25, 0.3) is 5.91 Å². The lowest BCUT2D eigenvalue weighted by Gasteiger charge is -2.44. The zero-order chi connectivity index (χ0) is 25.8. The van der Waals surface area contributed by atoms with Crippen LogP contribution in [0.15, 0.2) is 54.6 Å². The van der Waals surface area contributed by atoms with Crippen molar-refractivity contribution in [1.82, 2.24) is 15.1 Å². The van der Waals surface area contributed by atoms with Gasteiger partial charge in [0.1, 0.15) is 17.6 Å². The summed E-state index contributed by atoms with van der Waals surface area (Å²) in [6.07, 6.45) is 2.90. The van der Waals surface area contributed by atoms with Crippen LogP contribution in [0.4, 0.5) is 4.39 Å². The van der Waals surface area contributed by atoms with Crippen LogP contribution in [0.3, 0.4) is 0 Å². The SMILES string of the molecule is O=C(NCC1CCCO1)C1COC2(CCN(C(=O)Cc3ccccc3)CC2)N1C(=O)c1ccc(F)cc1. The number of carbonyl (C=O) groups is 3. The third-order valence-corrected chi connectivity index (χ3v) is 7.50. The van der Waals surface area contributed by atoms with Gasteiger partial charge >= 0.3 is 0 Å². The smallest absolute Gasteiger partial charge is 0.256 e. The highest BCUT2D eigenvalue weighted by molar-refractivity contribution is 5.98. The van der Waals surface area contributed by atoms with Gasteiger partial charge in [-0.15, -0.1) is 0 Å². The molecule has 8 nitrogen and oxygen atoms in total. The summed E-state index contributed by atoms with van der Waals surface area (Å²) in [6.45, 7) is 1.93. The number of ether oxygens (including phenoxy) is 2. The largest absolute Gasteiger partial charge is 0.376 e. The molecular formula is C28H32FN3O5. The van der Waals surface area contributed by atoms with Gasteiger partial charge in [0.15, 0.2) is 0 Å². The fraction of sp³-hybridized carbons (Fsp3) is 0.464. The van der Waals surface area contributed by atoms with Gasteiger partial charge in [-0.2, -0.15) is 0 Å². The van der Waals surface area contributed by atoms with Crippen LogP contribution in [0.5, 0.6) is 0 Å². The van der Waals surface area contributed by atoms with Crippen molar-refractivity contribution in [1.29, 1.82) is 0 Å². The molecule has 0 aliphatic carbocycles. The summed E-state index contributed by atoms with van der Waals surface area (Å²) in [5.41, 5.74) is 0.215. The number of nitrogens with one attached hydrogen (secondary N) is 1. The molecule has 37 heavy (non-hydrogen) atoms. The van der Waals surface area contributed by atoms with Gasteiger partial charge < -0.3 is 19.7 Å². The van der Waals surface area contributed by atoms with Gasteiger partial charge in [-0.05, 0) is 42.7 Å². The van der Waals surface area contributed by atoms with Crippen molar-refractivity contribution >= 4 is 17.7 Å².